The highest BCUT2D eigenvalue weighted by molar-refractivity contribution is 6.31. The molecule has 184 valence electrons. The first-order valence-electron chi connectivity index (χ1n) is 10.3. The topological polar surface area (TPSA) is 71.5 Å². The van der Waals surface area contributed by atoms with E-state index in [4.69, 9.17) is 16.3 Å². The maximum absolute atomic E-state index is 15.1. The van der Waals surface area contributed by atoms with Crippen molar-refractivity contribution < 1.29 is 32.2 Å². The molecule has 1 aromatic heterocycles. The van der Waals surface area contributed by atoms with Crippen molar-refractivity contribution in [3.8, 4) is 17.0 Å². The van der Waals surface area contributed by atoms with Gasteiger partial charge < -0.3 is 15.2 Å². The van der Waals surface area contributed by atoms with Gasteiger partial charge in [-0.05, 0) is 65.0 Å². The number of nitrogens with one attached hydrogen (secondary N) is 1. The van der Waals surface area contributed by atoms with E-state index in [2.05, 4.69) is 10.3 Å². The van der Waals surface area contributed by atoms with Gasteiger partial charge in [0.1, 0.15) is 11.6 Å². The predicted molar refractivity (Wildman–Crippen MR) is 122 cm³/mol. The quantitative estimate of drug-likeness (QED) is 0.335. The number of carbonyl (C=O) groups is 1. The van der Waals surface area contributed by atoms with Gasteiger partial charge in [-0.2, -0.15) is 13.2 Å². The van der Waals surface area contributed by atoms with Crippen LogP contribution in [0.2, 0.25) is 5.02 Å². The lowest BCUT2D eigenvalue weighted by atomic mass is 10.0. The van der Waals surface area contributed by atoms with Crippen LogP contribution in [0.25, 0.3) is 11.3 Å². The van der Waals surface area contributed by atoms with Crippen molar-refractivity contribution in [2.24, 2.45) is 0 Å². The average molecular weight is 501 g/mol. The highest BCUT2D eigenvalue weighted by Gasteiger charge is 2.39. The highest BCUT2D eigenvalue weighted by atomic mass is 35.5. The molecule has 0 spiro atoms. The van der Waals surface area contributed by atoms with Crippen molar-refractivity contribution in [2.75, 3.05) is 0 Å². The highest BCUT2D eigenvalue weighted by Crippen LogP contribution is 2.34. The molecule has 0 aliphatic rings. The van der Waals surface area contributed by atoms with Crippen molar-refractivity contribution in [3.05, 3.63) is 69.8 Å². The Bertz CT molecular complexity index is 1120. The molecular weight excluding hydrogens is 476 g/mol. The first-order valence-corrected chi connectivity index (χ1v) is 10.7. The van der Waals surface area contributed by atoms with Crippen LogP contribution >= 0.6 is 11.6 Å². The number of ether oxygens (including phenoxy) is 1. The monoisotopic (exact) mass is 500 g/mol. The van der Waals surface area contributed by atoms with Gasteiger partial charge in [0.2, 0.25) is 0 Å². The molecule has 0 saturated heterocycles. The van der Waals surface area contributed by atoms with Gasteiger partial charge >= 0.3 is 6.18 Å². The van der Waals surface area contributed by atoms with Crippen molar-refractivity contribution in [3.63, 3.8) is 0 Å². The van der Waals surface area contributed by atoms with Gasteiger partial charge in [-0.3, -0.25) is 4.79 Å². The van der Waals surface area contributed by atoms with Crippen molar-refractivity contribution >= 4 is 17.5 Å². The third kappa shape index (κ3) is 6.57. The lowest BCUT2D eigenvalue weighted by molar-refractivity contribution is -0.189. The number of hydrogen-bond donors (Lipinski definition) is 2. The number of aromatic nitrogens is 1. The van der Waals surface area contributed by atoms with E-state index in [1.165, 1.54) is 19.1 Å². The Labute approximate surface area is 200 Å². The van der Waals surface area contributed by atoms with Gasteiger partial charge in [-0.15, -0.1) is 0 Å². The van der Waals surface area contributed by atoms with Crippen LogP contribution in [0.1, 0.15) is 56.8 Å². The third-order valence-corrected chi connectivity index (χ3v) is 5.06. The number of hydrogen-bond acceptors (Lipinski definition) is 4. The molecule has 2 aromatic rings. The number of pyridine rings is 1. The first kappa shape index (κ1) is 27.3. The maximum atomic E-state index is 15.1. The molecule has 1 unspecified atom stereocenters. The summed E-state index contributed by atoms with van der Waals surface area (Å²) in [6.07, 6.45) is -4.80. The minimum absolute atomic E-state index is 0.00632. The number of amides is 1. The Hall–Kier alpha value is -2.91. The molecule has 1 amide bonds. The maximum Gasteiger partial charge on any atom is 0.425 e. The van der Waals surface area contributed by atoms with Crippen LogP contribution in [0.15, 0.2) is 47.7 Å². The molecule has 1 heterocycles. The summed E-state index contributed by atoms with van der Waals surface area (Å²) < 4.78 is 59.8. The van der Waals surface area contributed by atoms with Gasteiger partial charge in [-0.25, -0.2) is 9.37 Å². The molecule has 2 atom stereocenters. The van der Waals surface area contributed by atoms with Crippen LogP contribution < -0.4 is 10.1 Å². The number of aliphatic hydroxyl groups excluding tert-OH is 1. The molecule has 2 N–H and O–H groups in total. The minimum Gasteiger partial charge on any atom is -0.480 e. The van der Waals surface area contributed by atoms with Crippen LogP contribution in [-0.2, 0) is 0 Å². The Morgan fingerprint density at radius 2 is 1.88 bits per heavy atom. The summed E-state index contributed by atoms with van der Waals surface area (Å²) in [6.45, 7) is 7.37. The zero-order valence-corrected chi connectivity index (χ0v) is 20.0. The van der Waals surface area contributed by atoms with E-state index >= 15 is 4.39 Å². The average Bonchev–Trinajstić information content (AvgIpc) is 2.73. The second kappa shape index (κ2) is 11.0. The van der Waals surface area contributed by atoms with Gasteiger partial charge in [0, 0.05) is 11.3 Å². The lowest BCUT2D eigenvalue weighted by Gasteiger charge is -2.21. The van der Waals surface area contributed by atoms with Gasteiger partial charge in [0.05, 0.1) is 28.1 Å². The number of allylic oxidation sites excluding steroid dienone is 3. The summed E-state index contributed by atoms with van der Waals surface area (Å²) in [6, 6.07) is 4.49. The van der Waals surface area contributed by atoms with Crippen molar-refractivity contribution in [2.45, 2.75) is 53.0 Å². The van der Waals surface area contributed by atoms with E-state index in [-0.39, 0.29) is 22.0 Å². The fourth-order valence-electron chi connectivity index (χ4n) is 2.87. The van der Waals surface area contributed by atoms with E-state index in [9.17, 15) is 23.1 Å². The molecule has 0 aliphatic heterocycles. The standard InChI is InChI=1S/C24H25ClF4N2O3/c1-6-7-19(12(2)3)31-23(33)16-10-18(26)15(11-21(16)34-14(5)24(27,28)29)20-9-8-17(25)22(30-20)13(4)32/h6-11,13-14,32H,1-5H3,(H,31,33)/b7-6-/t13?,14-/m0/s1. The fraction of sp³-hybridized carbons (Fsp3) is 0.333. The summed E-state index contributed by atoms with van der Waals surface area (Å²) in [5.74, 6) is -2.26. The second-order valence-electron chi connectivity index (χ2n) is 7.74. The van der Waals surface area contributed by atoms with E-state index in [1.807, 2.05) is 0 Å². The molecule has 1 aromatic carbocycles. The van der Waals surface area contributed by atoms with Crippen LogP contribution in [0.5, 0.6) is 5.75 Å². The Kier molecular flexibility index (Phi) is 8.85. The molecule has 0 aliphatic carbocycles. The first-order chi connectivity index (χ1) is 15.8. The normalized spacial score (nSPS) is 13.5. The van der Waals surface area contributed by atoms with E-state index in [0.717, 1.165) is 24.6 Å². The number of rotatable bonds is 7. The minimum atomic E-state index is -4.73. The molecule has 10 heteroatoms. The van der Waals surface area contributed by atoms with Crippen molar-refractivity contribution in [1.82, 2.24) is 10.3 Å². The molecule has 0 fully saturated rings. The fourth-order valence-corrected chi connectivity index (χ4v) is 3.14. The Morgan fingerprint density at radius 1 is 1.24 bits per heavy atom. The van der Waals surface area contributed by atoms with Crippen LogP contribution in [0, 0.1) is 5.82 Å². The second-order valence-corrected chi connectivity index (χ2v) is 8.14. The van der Waals surface area contributed by atoms with E-state index < -0.39 is 41.4 Å². The van der Waals surface area contributed by atoms with E-state index in [0.29, 0.717) is 5.70 Å². The molecular formula is C24H25ClF4N2O3. The number of carbonyl (C=O) groups excluding carboxylic acids is 1. The summed E-state index contributed by atoms with van der Waals surface area (Å²) in [7, 11) is 0. The Balaban J connectivity index is 2.66. The SMILES string of the molecule is C/C=C\C(NC(=O)c1cc(F)c(-c2ccc(Cl)c(C(C)O)n2)cc1O[C@@H](C)C(F)(F)F)=C(C)C. The number of aliphatic hydroxyl groups is 1. The zero-order chi connectivity index (χ0) is 25.8. The summed E-state index contributed by atoms with van der Waals surface area (Å²) in [5, 5.41) is 12.5. The number of nitrogens with zero attached hydrogens (tertiary/aromatic N) is 1. The van der Waals surface area contributed by atoms with E-state index in [1.54, 1.807) is 32.9 Å². The number of halogens is 5. The molecule has 0 bridgehead atoms. The smallest absolute Gasteiger partial charge is 0.425 e. The van der Waals surface area contributed by atoms with Crippen LogP contribution in [0.3, 0.4) is 0 Å². The zero-order valence-electron chi connectivity index (χ0n) is 19.2. The molecule has 0 radical (unpaired) electrons. The Morgan fingerprint density at radius 3 is 2.41 bits per heavy atom. The molecule has 34 heavy (non-hydrogen) atoms. The van der Waals surface area contributed by atoms with Crippen LogP contribution in [-0.4, -0.2) is 28.3 Å². The summed E-state index contributed by atoms with van der Waals surface area (Å²) in [5.41, 5.74) is 0.540. The predicted octanol–water partition coefficient (Wildman–Crippen LogP) is 6.52. The largest absolute Gasteiger partial charge is 0.480 e. The third-order valence-electron chi connectivity index (χ3n) is 4.74. The lowest BCUT2D eigenvalue weighted by Crippen LogP contribution is -2.32. The van der Waals surface area contributed by atoms with Gasteiger partial charge in [0.25, 0.3) is 5.91 Å². The summed E-state index contributed by atoms with van der Waals surface area (Å²) >= 11 is 6.01. The molecule has 2 rings (SSSR count). The van der Waals surface area contributed by atoms with Gasteiger partial charge in [-0.1, -0.05) is 23.3 Å². The number of alkyl halides is 3. The number of benzene rings is 1. The van der Waals surface area contributed by atoms with Crippen LogP contribution in [0.4, 0.5) is 17.6 Å². The van der Waals surface area contributed by atoms with Gasteiger partial charge in [0.15, 0.2) is 6.10 Å². The molecule has 0 saturated carbocycles. The van der Waals surface area contributed by atoms with Crippen molar-refractivity contribution in [1.29, 1.82) is 0 Å². The summed E-state index contributed by atoms with van der Waals surface area (Å²) in [4.78, 5) is 17.0. The molecule has 5 nitrogen and oxygen atoms in total.